The number of nitrogens with one attached hydrogen (secondary N) is 1. The molecule has 1 N–H and O–H groups in total. The smallest absolute Gasteiger partial charge is 0.337 e. The van der Waals surface area contributed by atoms with Crippen LogP contribution in [0.25, 0.3) is 0 Å². The average Bonchev–Trinajstić information content (AvgIpc) is 2.71. The Morgan fingerprint density at radius 1 is 0.963 bits per heavy atom. The van der Waals surface area contributed by atoms with Crippen molar-refractivity contribution >= 4 is 11.9 Å². The summed E-state index contributed by atoms with van der Waals surface area (Å²) >= 11 is 0. The number of carbonyl (C=O) groups is 2. The molecule has 27 heavy (non-hydrogen) atoms. The van der Waals surface area contributed by atoms with Gasteiger partial charge in [0.25, 0.3) is 5.91 Å². The Morgan fingerprint density at radius 3 is 2.22 bits per heavy atom. The molecule has 2 aromatic rings. The Morgan fingerprint density at radius 2 is 1.63 bits per heavy atom. The topological polar surface area (TPSA) is 83.1 Å². The molecule has 0 radical (unpaired) electrons. The molecule has 7 heteroatoms. The van der Waals surface area contributed by atoms with Gasteiger partial charge < -0.3 is 24.3 Å². The first kappa shape index (κ1) is 20.1. The second kappa shape index (κ2) is 9.47. The van der Waals surface area contributed by atoms with Crippen LogP contribution in [0.5, 0.6) is 17.2 Å². The summed E-state index contributed by atoms with van der Waals surface area (Å²) in [6.45, 7) is 1.69. The van der Waals surface area contributed by atoms with Crippen LogP contribution in [-0.2, 0) is 9.53 Å². The molecule has 1 unspecified atom stereocenters. The Hall–Kier alpha value is -3.22. The summed E-state index contributed by atoms with van der Waals surface area (Å²) in [5, 5.41) is 2.86. The first-order valence-electron chi connectivity index (χ1n) is 8.31. The number of hydrogen-bond donors (Lipinski definition) is 1. The molecule has 0 aliphatic carbocycles. The van der Waals surface area contributed by atoms with Gasteiger partial charge in [0.1, 0.15) is 17.2 Å². The van der Waals surface area contributed by atoms with Gasteiger partial charge in [-0.05, 0) is 49.4 Å². The number of hydrogen-bond acceptors (Lipinski definition) is 6. The van der Waals surface area contributed by atoms with Gasteiger partial charge in [-0.3, -0.25) is 4.79 Å². The predicted molar refractivity (Wildman–Crippen MR) is 99.4 cm³/mol. The van der Waals surface area contributed by atoms with E-state index in [0.717, 1.165) is 5.56 Å². The highest BCUT2D eigenvalue weighted by Crippen LogP contribution is 2.29. The van der Waals surface area contributed by atoms with E-state index in [-0.39, 0.29) is 18.6 Å². The van der Waals surface area contributed by atoms with E-state index in [4.69, 9.17) is 14.2 Å². The van der Waals surface area contributed by atoms with Gasteiger partial charge in [-0.1, -0.05) is 0 Å². The van der Waals surface area contributed by atoms with Crippen molar-refractivity contribution in [2.75, 3.05) is 27.9 Å². The molecule has 7 nitrogen and oxygen atoms in total. The van der Waals surface area contributed by atoms with Gasteiger partial charge in [-0.2, -0.15) is 0 Å². The van der Waals surface area contributed by atoms with E-state index in [2.05, 4.69) is 10.1 Å². The molecule has 144 valence electrons. The van der Waals surface area contributed by atoms with Crippen molar-refractivity contribution < 1.29 is 28.5 Å². The minimum Gasteiger partial charge on any atom is -0.497 e. The summed E-state index contributed by atoms with van der Waals surface area (Å²) in [7, 11) is 4.46. The highest BCUT2D eigenvalue weighted by molar-refractivity contribution is 5.89. The summed E-state index contributed by atoms with van der Waals surface area (Å²) in [6, 6.07) is 11.4. The van der Waals surface area contributed by atoms with Crippen LogP contribution in [0.15, 0.2) is 42.5 Å². The van der Waals surface area contributed by atoms with Crippen LogP contribution in [0.1, 0.15) is 28.9 Å². The monoisotopic (exact) mass is 373 g/mol. The first-order valence-corrected chi connectivity index (χ1v) is 8.31. The van der Waals surface area contributed by atoms with Crippen molar-refractivity contribution in [1.29, 1.82) is 0 Å². The van der Waals surface area contributed by atoms with Crippen LogP contribution < -0.4 is 19.5 Å². The fourth-order valence-electron chi connectivity index (χ4n) is 2.49. The molecule has 1 atom stereocenters. The van der Waals surface area contributed by atoms with E-state index < -0.39 is 5.97 Å². The quantitative estimate of drug-likeness (QED) is 0.717. The van der Waals surface area contributed by atoms with E-state index in [0.29, 0.717) is 22.8 Å². The predicted octanol–water partition coefficient (Wildman–Crippen LogP) is 2.75. The van der Waals surface area contributed by atoms with Crippen LogP contribution >= 0.6 is 0 Å². The van der Waals surface area contributed by atoms with Gasteiger partial charge in [0, 0.05) is 5.56 Å². The third-order valence-corrected chi connectivity index (χ3v) is 3.93. The van der Waals surface area contributed by atoms with Gasteiger partial charge in [-0.25, -0.2) is 4.79 Å². The summed E-state index contributed by atoms with van der Waals surface area (Å²) in [4.78, 5) is 23.6. The normalized spacial score (nSPS) is 11.3. The fourth-order valence-corrected chi connectivity index (χ4v) is 2.49. The van der Waals surface area contributed by atoms with Gasteiger partial charge in [0.05, 0.1) is 32.9 Å². The summed E-state index contributed by atoms with van der Waals surface area (Å²) in [6.07, 6.45) is 0. The SMILES string of the molecule is COC(=O)c1ccc(OCC(=O)NC(C)c2cc(OC)ccc2OC)cc1. The third-order valence-electron chi connectivity index (χ3n) is 3.93. The molecule has 0 aromatic heterocycles. The highest BCUT2D eigenvalue weighted by Gasteiger charge is 2.15. The summed E-state index contributed by atoms with van der Waals surface area (Å²) in [5.74, 6) is 1.09. The van der Waals surface area contributed by atoms with Gasteiger partial charge in [-0.15, -0.1) is 0 Å². The van der Waals surface area contributed by atoms with Crippen molar-refractivity contribution in [2.24, 2.45) is 0 Å². The second-order valence-corrected chi connectivity index (χ2v) is 5.70. The largest absolute Gasteiger partial charge is 0.497 e. The van der Waals surface area contributed by atoms with Crippen LogP contribution in [-0.4, -0.2) is 39.8 Å². The standard InChI is InChI=1S/C20H23NO6/c1-13(17-11-16(24-2)9-10-18(17)25-3)21-19(22)12-27-15-7-5-14(6-8-15)20(23)26-4/h5-11,13H,12H2,1-4H3,(H,21,22). The van der Waals surface area contributed by atoms with E-state index >= 15 is 0 Å². The molecular weight excluding hydrogens is 350 g/mol. The summed E-state index contributed by atoms with van der Waals surface area (Å²) in [5.41, 5.74) is 1.21. The van der Waals surface area contributed by atoms with E-state index in [1.54, 1.807) is 50.6 Å². The Kier molecular flexibility index (Phi) is 7.05. The lowest BCUT2D eigenvalue weighted by Gasteiger charge is -2.18. The molecular formula is C20H23NO6. The lowest BCUT2D eigenvalue weighted by atomic mass is 10.1. The number of carbonyl (C=O) groups excluding carboxylic acids is 2. The zero-order valence-corrected chi connectivity index (χ0v) is 15.8. The molecule has 0 fully saturated rings. The molecule has 2 aromatic carbocycles. The third kappa shape index (κ3) is 5.37. The van der Waals surface area contributed by atoms with E-state index in [1.165, 1.54) is 7.11 Å². The lowest BCUT2D eigenvalue weighted by Crippen LogP contribution is -2.31. The van der Waals surface area contributed by atoms with Crippen molar-refractivity contribution in [3.63, 3.8) is 0 Å². The van der Waals surface area contributed by atoms with Crippen LogP contribution in [0, 0.1) is 0 Å². The molecule has 0 bridgehead atoms. The molecule has 1 amide bonds. The maximum atomic E-state index is 12.2. The van der Waals surface area contributed by atoms with Gasteiger partial charge >= 0.3 is 5.97 Å². The van der Waals surface area contributed by atoms with E-state index in [9.17, 15) is 9.59 Å². The molecule has 0 saturated carbocycles. The lowest BCUT2D eigenvalue weighted by molar-refractivity contribution is -0.123. The molecule has 2 rings (SSSR count). The number of benzene rings is 2. The van der Waals surface area contributed by atoms with Crippen LogP contribution in [0.4, 0.5) is 0 Å². The number of amides is 1. The average molecular weight is 373 g/mol. The van der Waals surface area contributed by atoms with Crippen molar-refractivity contribution in [3.8, 4) is 17.2 Å². The molecule has 0 saturated heterocycles. The van der Waals surface area contributed by atoms with Crippen LogP contribution in [0.2, 0.25) is 0 Å². The number of rotatable bonds is 8. The van der Waals surface area contributed by atoms with Gasteiger partial charge in [0.2, 0.25) is 0 Å². The Balaban J connectivity index is 1.94. The minimum absolute atomic E-state index is 0.159. The zero-order valence-electron chi connectivity index (χ0n) is 15.8. The maximum Gasteiger partial charge on any atom is 0.337 e. The number of ether oxygens (including phenoxy) is 4. The number of methoxy groups -OCH3 is 3. The fraction of sp³-hybridized carbons (Fsp3) is 0.300. The van der Waals surface area contributed by atoms with E-state index in [1.807, 2.05) is 13.0 Å². The molecule has 0 aliphatic rings. The van der Waals surface area contributed by atoms with Crippen molar-refractivity contribution in [1.82, 2.24) is 5.32 Å². The van der Waals surface area contributed by atoms with Crippen molar-refractivity contribution in [2.45, 2.75) is 13.0 Å². The van der Waals surface area contributed by atoms with Crippen molar-refractivity contribution in [3.05, 3.63) is 53.6 Å². The Labute approximate surface area is 158 Å². The second-order valence-electron chi connectivity index (χ2n) is 5.70. The molecule has 0 heterocycles. The van der Waals surface area contributed by atoms with Crippen LogP contribution in [0.3, 0.4) is 0 Å². The molecule has 0 aliphatic heterocycles. The minimum atomic E-state index is -0.430. The first-order chi connectivity index (χ1) is 13.0. The number of esters is 1. The zero-order chi connectivity index (χ0) is 19.8. The molecule has 0 spiro atoms. The summed E-state index contributed by atoms with van der Waals surface area (Å²) < 4.78 is 20.7. The highest BCUT2D eigenvalue weighted by atomic mass is 16.5. The van der Waals surface area contributed by atoms with Gasteiger partial charge in [0.15, 0.2) is 6.61 Å². The Bertz CT molecular complexity index is 788. The maximum absolute atomic E-state index is 12.2.